The molecule has 0 bridgehead atoms. The van der Waals surface area contributed by atoms with E-state index in [1.54, 1.807) is 0 Å². The monoisotopic (exact) mass is 298 g/mol. The van der Waals surface area contributed by atoms with Gasteiger partial charge in [0.1, 0.15) is 0 Å². The zero-order valence-corrected chi connectivity index (χ0v) is 12.6. The second kappa shape index (κ2) is 8.13. The van der Waals surface area contributed by atoms with E-state index in [1.807, 2.05) is 0 Å². The Hall–Kier alpha value is 1.93. The topological polar surface area (TPSA) is 0 Å². The zero-order chi connectivity index (χ0) is 10.3. The third-order valence-corrected chi connectivity index (χ3v) is 10.6. The van der Waals surface area contributed by atoms with Crippen LogP contribution < -0.4 is 0 Å². The number of hydrogen-bond donors (Lipinski definition) is 1. The molecule has 0 aromatic carbocycles. The Balaban J connectivity index is 3.32. The molecule has 0 aromatic rings. The number of thiol groups is 1. The SMILES string of the molecule is CCCCCCC[CH](S)[Ti]([Cl])([Cl])[Cl]. The quantitative estimate of drug-likeness (QED) is 0.372. The van der Waals surface area contributed by atoms with Crippen LogP contribution in [0.5, 0.6) is 0 Å². The Kier molecular flexibility index (Phi) is 9.34. The molecule has 80 valence electrons. The molecule has 0 heterocycles. The predicted octanol–water partition coefficient (Wildman–Crippen LogP) is 5.22. The average molecular weight is 300 g/mol. The molecule has 1 unspecified atom stereocenters. The van der Waals surface area contributed by atoms with Gasteiger partial charge in [-0.1, -0.05) is 0 Å². The molecule has 0 amide bonds. The van der Waals surface area contributed by atoms with Crippen molar-refractivity contribution >= 4 is 40.5 Å². The molecular formula is C8H17Cl3STi. The fraction of sp³-hybridized carbons (Fsp3) is 1.00. The van der Waals surface area contributed by atoms with Crippen LogP contribution in [0.3, 0.4) is 0 Å². The first kappa shape index (κ1) is 14.9. The van der Waals surface area contributed by atoms with Crippen molar-refractivity contribution in [2.45, 2.75) is 49.0 Å². The molecule has 0 N–H and O–H groups in total. The summed E-state index contributed by atoms with van der Waals surface area (Å²) in [5.41, 5.74) is 0. The van der Waals surface area contributed by atoms with Gasteiger partial charge in [-0.3, -0.25) is 0 Å². The standard InChI is InChI=1S/C8H17S.3ClH.Ti/c1-2-3-4-5-6-7-8-9;;;;/h8-9H,2-7H2,1H3;3*1H;/q;;;;+3/p-3. The van der Waals surface area contributed by atoms with Gasteiger partial charge in [0.05, 0.1) is 0 Å². The van der Waals surface area contributed by atoms with Gasteiger partial charge in [-0.25, -0.2) is 0 Å². The number of unbranched alkanes of at least 4 members (excludes halogenated alkanes) is 4. The van der Waals surface area contributed by atoms with Crippen molar-refractivity contribution in [2.24, 2.45) is 0 Å². The molecule has 0 rings (SSSR count). The number of halogens is 3. The van der Waals surface area contributed by atoms with Crippen LogP contribution in [-0.2, 0) is 13.4 Å². The fourth-order valence-corrected chi connectivity index (χ4v) is 3.47. The van der Waals surface area contributed by atoms with Crippen LogP contribution in [-0.4, -0.2) is 3.55 Å². The molecule has 0 aromatic heterocycles. The zero-order valence-electron chi connectivity index (χ0n) is 7.90. The van der Waals surface area contributed by atoms with E-state index in [-0.39, 0.29) is 3.55 Å². The Morgan fingerprint density at radius 2 is 1.62 bits per heavy atom. The summed E-state index contributed by atoms with van der Waals surface area (Å²) in [6, 6.07) is 0. The Morgan fingerprint density at radius 3 is 2.08 bits per heavy atom. The first-order valence-corrected chi connectivity index (χ1v) is 12.6. The van der Waals surface area contributed by atoms with Crippen LogP contribution in [0.15, 0.2) is 0 Å². The van der Waals surface area contributed by atoms with Gasteiger partial charge in [-0.15, -0.1) is 0 Å². The van der Waals surface area contributed by atoms with Gasteiger partial charge in [0, 0.05) is 0 Å². The molecule has 13 heavy (non-hydrogen) atoms. The van der Waals surface area contributed by atoms with E-state index in [2.05, 4.69) is 19.6 Å². The van der Waals surface area contributed by atoms with Crippen LogP contribution in [0.4, 0.5) is 0 Å². The van der Waals surface area contributed by atoms with Crippen molar-refractivity contribution in [3.05, 3.63) is 0 Å². The summed E-state index contributed by atoms with van der Waals surface area (Å²) >= 11 is 1.31. The summed E-state index contributed by atoms with van der Waals surface area (Å²) in [6.07, 6.45) is 7.23. The van der Waals surface area contributed by atoms with E-state index in [9.17, 15) is 0 Å². The second-order valence-electron chi connectivity index (χ2n) is 3.26. The van der Waals surface area contributed by atoms with Crippen molar-refractivity contribution < 1.29 is 13.4 Å². The van der Waals surface area contributed by atoms with E-state index in [0.29, 0.717) is 0 Å². The fourth-order valence-electron chi connectivity index (χ4n) is 1.10. The van der Waals surface area contributed by atoms with E-state index in [4.69, 9.17) is 27.9 Å². The first-order chi connectivity index (χ1) is 5.98. The van der Waals surface area contributed by atoms with Gasteiger partial charge >= 0.3 is 103 Å². The predicted molar refractivity (Wildman–Crippen MR) is 63.7 cm³/mol. The molecule has 0 saturated heterocycles. The van der Waals surface area contributed by atoms with Crippen molar-refractivity contribution in [3.8, 4) is 0 Å². The number of hydrogen-bond acceptors (Lipinski definition) is 1. The van der Waals surface area contributed by atoms with Crippen LogP contribution in [0, 0.1) is 0 Å². The Bertz CT molecular complexity index is 127. The van der Waals surface area contributed by atoms with E-state index in [1.165, 1.54) is 25.7 Å². The van der Waals surface area contributed by atoms with Crippen molar-refractivity contribution in [1.29, 1.82) is 0 Å². The van der Waals surface area contributed by atoms with E-state index >= 15 is 0 Å². The molecule has 0 aliphatic rings. The van der Waals surface area contributed by atoms with Crippen LogP contribution in [0.25, 0.3) is 0 Å². The third-order valence-electron chi connectivity index (χ3n) is 1.96. The molecule has 0 aliphatic carbocycles. The number of rotatable bonds is 7. The molecule has 0 nitrogen and oxygen atoms in total. The van der Waals surface area contributed by atoms with E-state index in [0.717, 1.165) is 12.8 Å². The van der Waals surface area contributed by atoms with Gasteiger partial charge in [0.2, 0.25) is 0 Å². The van der Waals surface area contributed by atoms with Crippen molar-refractivity contribution in [3.63, 3.8) is 0 Å². The molecule has 5 heteroatoms. The van der Waals surface area contributed by atoms with Crippen LogP contribution in [0.1, 0.15) is 45.4 Å². The Labute approximate surface area is 102 Å². The maximum absolute atomic E-state index is 5.87. The van der Waals surface area contributed by atoms with Gasteiger partial charge < -0.3 is 0 Å². The molecule has 0 fully saturated rings. The molecule has 0 radical (unpaired) electrons. The molecule has 0 aliphatic heterocycles. The minimum atomic E-state index is -3.02. The normalized spacial score (nSPS) is 14.5. The summed E-state index contributed by atoms with van der Waals surface area (Å²) in [4.78, 5) is 0. The summed E-state index contributed by atoms with van der Waals surface area (Å²) in [5, 5.41) is 0. The molecular weight excluding hydrogens is 282 g/mol. The van der Waals surface area contributed by atoms with Gasteiger partial charge in [0.25, 0.3) is 0 Å². The van der Waals surface area contributed by atoms with E-state index < -0.39 is 13.4 Å². The Morgan fingerprint density at radius 1 is 1.08 bits per heavy atom. The summed E-state index contributed by atoms with van der Waals surface area (Å²) in [7, 11) is 17.6. The van der Waals surface area contributed by atoms with Gasteiger partial charge in [-0.2, -0.15) is 0 Å². The average Bonchev–Trinajstić information content (AvgIpc) is 2.02. The summed E-state index contributed by atoms with van der Waals surface area (Å²) < 4.78 is 0.0478. The maximum atomic E-state index is 5.87. The minimum absolute atomic E-state index is 0.0478. The van der Waals surface area contributed by atoms with Crippen molar-refractivity contribution in [2.75, 3.05) is 0 Å². The van der Waals surface area contributed by atoms with Gasteiger partial charge in [0.15, 0.2) is 0 Å². The van der Waals surface area contributed by atoms with Gasteiger partial charge in [-0.05, 0) is 0 Å². The summed E-state index contributed by atoms with van der Waals surface area (Å²) in [6.45, 7) is 2.21. The molecule has 1 atom stereocenters. The second-order valence-corrected chi connectivity index (χ2v) is 17.2. The third kappa shape index (κ3) is 8.90. The van der Waals surface area contributed by atoms with Crippen LogP contribution in [0.2, 0.25) is 0 Å². The summed E-state index contributed by atoms with van der Waals surface area (Å²) in [5.74, 6) is 0. The first-order valence-electron chi connectivity index (χ1n) is 4.73. The van der Waals surface area contributed by atoms with Crippen molar-refractivity contribution in [1.82, 2.24) is 0 Å². The van der Waals surface area contributed by atoms with Crippen LogP contribution >= 0.6 is 40.5 Å². The molecule has 0 saturated carbocycles. The molecule has 0 spiro atoms.